The number of nitrogen functional groups attached to an aromatic ring is 1. The minimum absolute atomic E-state index is 0.317. The summed E-state index contributed by atoms with van der Waals surface area (Å²) in [5.74, 6) is 3.58. The average molecular weight is 413 g/mol. The van der Waals surface area contributed by atoms with Gasteiger partial charge in [0.15, 0.2) is 22.5 Å². The fourth-order valence-corrected chi connectivity index (χ4v) is 3.89. The Labute approximate surface area is 164 Å². The van der Waals surface area contributed by atoms with Gasteiger partial charge in [0.2, 0.25) is 0 Å². The van der Waals surface area contributed by atoms with Crippen LogP contribution in [0, 0.1) is 12.3 Å². The van der Waals surface area contributed by atoms with Crippen molar-refractivity contribution in [2.24, 2.45) is 0 Å². The summed E-state index contributed by atoms with van der Waals surface area (Å²) >= 11 is 19.6. The molecule has 0 fully saturated rings. The number of rotatable bonds is 5. The topological polar surface area (TPSA) is 69.6 Å². The normalized spacial score (nSPS) is 11.0. The van der Waals surface area contributed by atoms with Crippen molar-refractivity contribution in [3.63, 3.8) is 0 Å². The number of nitrogens with two attached hydrogens (primary N) is 1. The van der Waals surface area contributed by atoms with Gasteiger partial charge in [0.1, 0.15) is 0 Å². The van der Waals surface area contributed by atoms with E-state index in [0.29, 0.717) is 55.4 Å². The second-order valence-corrected chi connectivity index (χ2v) is 7.34. The summed E-state index contributed by atoms with van der Waals surface area (Å²) in [6.45, 7) is 0.681. The van der Waals surface area contributed by atoms with Gasteiger partial charge >= 0.3 is 0 Å². The highest BCUT2D eigenvalue weighted by atomic mass is 35.5. The molecule has 2 aliphatic heterocycles. The van der Waals surface area contributed by atoms with Gasteiger partial charge in [-0.3, -0.25) is 0 Å². The number of aryl methyl sites for hydroxylation is 1. The Morgan fingerprint density at radius 2 is 2.04 bits per heavy atom. The first-order chi connectivity index (χ1) is 12.0. The molecule has 0 saturated carbocycles. The van der Waals surface area contributed by atoms with Crippen molar-refractivity contribution in [3.8, 4) is 23.9 Å². The van der Waals surface area contributed by atoms with Crippen molar-refractivity contribution < 1.29 is 0 Å². The average Bonchev–Trinajstić information content (AvgIpc) is 2.99. The molecule has 3 rings (SSSR count). The summed E-state index contributed by atoms with van der Waals surface area (Å²) < 4.78 is 1.88. The minimum Gasteiger partial charge on any atom is -0.382 e. The van der Waals surface area contributed by atoms with E-state index in [-0.39, 0.29) is 0 Å². The lowest BCUT2D eigenvalue weighted by Gasteiger charge is -2.09. The first-order valence-electron chi connectivity index (χ1n) is 7.24. The first-order valence-corrected chi connectivity index (χ1v) is 9.19. The van der Waals surface area contributed by atoms with Gasteiger partial charge in [0.25, 0.3) is 0 Å². The van der Waals surface area contributed by atoms with Crippen LogP contribution in [0.5, 0.6) is 0 Å². The SMILES string of the molecule is C#CCCCn1cnc(N)c2nc(Sc3cc(Cl)cc(Cl)c3Cl)nc1-2. The van der Waals surface area contributed by atoms with Crippen LogP contribution >= 0.6 is 46.6 Å². The molecule has 2 aliphatic rings. The molecule has 25 heavy (non-hydrogen) atoms. The van der Waals surface area contributed by atoms with E-state index < -0.39 is 0 Å². The van der Waals surface area contributed by atoms with E-state index in [1.807, 2.05) is 4.57 Å². The molecule has 0 saturated heterocycles. The molecule has 9 heteroatoms. The summed E-state index contributed by atoms with van der Waals surface area (Å²) in [6.07, 6.45) is 8.42. The fourth-order valence-electron chi connectivity index (χ4n) is 2.20. The first kappa shape index (κ1) is 18.2. The molecule has 0 radical (unpaired) electrons. The smallest absolute Gasteiger partial charge is 0.195 e. The van der Waals surface area contributed by atoms with Crippen LogP contribution in [0.15, 0.2) is 28.5 Å². The maximum Gasteiger partial charge on any atom is 0.195 e. The Balaban J connectivity index is 1.96. The molecular formula is C16H12Cl3N5S. The highest BCUT2D eigenvalue weighted by Gasteiger charge is 2.20. The molecule has 1 aromatic carbocycles. The van der Waals surface area contributed by atoms with Crippen LogP contribution in [0.25, 0.3) is 11.5 Å². The molecule has 0 aliphatic carbocycles. The lowest BCUT2D eigenvalue weighted by Crippen LogP contribution is -2.08. The maximum atomic E-state index is 6.23. The van der Waals surface area contributed by atoms with Gasteiger partial charge in [0.05, 0.1) is 16.4 Å². The van der Waals surface area contributed by atoms with Gasteiger partial charge < -0.3 is 10.3 Å². The van der Waals surface area contributed by atoms with Crippen molar-refractivity contribution in [2.45, 2.75) is 29.4 Å². The zero-order valence-electron chi connectivity index (χ0n) is 12.8. The van der Waals surface area contributed by atoms with E-state index in [2.05, 4.69) is 20.9 Å². The predicted molar refractivity (Wildman–Crippen MR) is 103 cm³/mol. The van der Waals surface area contributed by atoms with Crippen molar-refractivity contribution in [3.05, 3.63) is 33.5 Å². The van der Waals surface area contributed by atoms with Crippen LogP contribution in [-0.2, 0) is 6.54 Å². The van der Waals surface area contributed by atoms with Crippen molar-refractivity contribution >= 4 is 52.4 Å². The van der Waals surface area contributed by atoms with Gasteiger partial charge in [0, 0.05) is 22.9 Å². The van der Waals surface area contributed by atoms with Crippen LogP contribution in [0.4, 0.5) is 5.82 Å². The zero-order chi connectivity index (χ0) is 18.0. The highest BCUT2D eigenvalue weighted by Crippen LogP contribution is 2.39. The molecule has 0 unspecified atom stereocenters. The molecule has 5 nitrogen and oxygen atoms in total. The Bertz CT molecular complexity index is 934. The van der Waals surface area contributed by atoms with Gasteiger partial charge in [-0.1, -0.05) is 34.8 Å². The summed E-state index contributed by atoms with van der Waals surface area (Å²) in [7, 11) is 0. The van der Waals surface area contributed by atoms with Crippen LogP contribution < -0.4 is 5.73 Å². The molecule has 0 spiro atoms. The second-order valence-electron chi connectivity index (χ2n) is 5.11. The number of nitrogens with zero attached hydrogens (tertiary/aromatic N) is 4. The number of hydrogen-bond donors (Lipinski definition) is 1. The maximum absolute atomic E-state index is 6.23. The zero-order valence-corrected chi connectivity index (χ0v) is 15.9. The lowest BCUT2D eigenvalue weighted by molar-refractivity contribution is 0.638. The molecule has 2 N–H and O–H groups in total. The largest absolute Gasteiger partial charge is 0.382 e. The minimum atomic E-state index is 0.317. The number of benzene rings is 1. The quantitative estimate of drug-likeness (QED) is 0.367. The predicted octanol–water partition coefficient (Wildman–Crippen LogP) is 4.88. The Morgan fingerprint density at radius 1 is 1.24 bits per heavy atom. The highest BCUT2D eigenvalue weighted by molar-refractivity contribution is 7.99. The van der Waals surface area contributed by atoms with Gasteiger partial charge in [-0.15, -0.1) is 12.3 Å². The number of anilines is 1. The van der Waals surface area contributed by atoms with Crippen LogP contribution in [0.3, 0.4) is 0 Å². The molecule has 1 aromatic rings. The molecule has 128 valence electrons. The molecule has 0 bridgehead atoms. The number of aromatic nitrogens is 4. The van der Waals surface area contributed by atoms with E-state index in [4.69, 9.17) is 47.0 Å². The van der Waals surface area contributed by atoms with Crippen LogP contribution in [0.1, 0.15) is 12.8 Å². The van der Waals surface area contributed by atoms with Gasteiger partial charge in [-0.05, 0) is 30.3 Å². The molecule has 0 amide bonds. The number of halogens is 3. The molecule has 2 heterocycles. The van der Waals surface area contributed by atoms with Gasteiger partial charge in [-0.25, -0.2) is 15.0 Å². The number of unbranched alkanes of at least 4 members (excludes halogenated alkanes) is 1. The van der Waals surface area contributed by atoms with Crippen molar-refractivity contribution in [1.29, 1.82) is 0 Å². The monoisotopic (exact) mass is 411 g/mol. The summed E-state index contributed by atoms with van der Waals surface area (Å²) in [6, 6.07) is 3.29. The fraction of sp³-hybridized carbons (Fsp3) is 0.188. The number of hydrogen-bond acceptors (Lipinski definition) is 5. The van der Waals surface area contributed by atoms with E-state index in [0.717, 1.165) is 6.42 Å². The molecule has 0 aromatic heterocycles. The lowest BCUT2D eigenvalue weighted by atomic mass is 10.3. The third-order valence-corrected chi connectivity index (χ3v) is 5.39. The third-order valence-electron chi connectivity index (χ3n) is 3.35. The van der Waals surface area contributed by atoms with E-state index in [1.165, 1.54) is 11.8 Å². The Hall–Kier alpha value is -1.65. The van der Waals surface area contributed by atoms with Gasteiger partial charge in [-0.2, -0.15) is 0 Å². The van der Waals surface area contributed by atoms with Crippen molar-refractivity contribution in [2.75, 3.05) is 5.73 Å². The van der Waals surface area contributed by atoms with Crippen LogP contribution in [0.2, 0.25) is 15.1 Å². The Kier molecular flexibility index (Phi) is 5.60. The van der Waals surface area contributed by atoms with E-state index in [9.17, 15) is 0 Å². The number of imidazole rings is 1. The van der Waals surface area contributed by atoms with Crippen molar-refractivity contribution in [1.82, 2.24) is 19.5 Å². The van der Waals surface area contributed by atoms with E-state index >= 15 is 0 Å². The Morgan fingerprint density at radius 3 is 2.80 bits per heavy atom. The molecular weight excluding hydrogens is 401 g/mol. The number of terminal acetylenes is 1. The summed E-state index contributed by atoms with van der Waals surface area (Å²) in [5.41, 5.74) is 6.46. The second kappa shape index (κ2) is 7.71. The number of fused-ring (bicyclic) bond motifs is 1. The van der Waals surface area contributed by atoms with Crippen LogP contribution in [-0.4, -0.2) is 19.5 Å². The van der Waals surface area contributed by atoms with E-state index in [1.54, 1.807) is 18.5 Å². The summed E-state index contributed by atoms with van der Waals surface area (Å²) in [5, 5.41) is 1.75. The standard InChI is InChI=1S/C16H12Cl3N5S/c1-2-3-4-5-24-8-21-14(20)13-15(24)23-16(22-13)25-11-7-9(17)6-10(18)12(11)19/h1,6-8H,3-5,20H2. The third kappa shape index (κ3) is 3.96. The molecule has 0 atom stereocenters. The summed E-state index contributed by atoms with van der Waals surface area (Å²) in [4.78, 5) is 13.8.